The maximum atomic E-state index is 14.0. The summed E-state index contributed by atoms with van der Waals surface area (Å²) >= 11 is 0. The Labute approximate surface area is 292 Å². The van der Waals surface area contributed by atoms with Crippen molar-refractivity contribution < 1.29 is 23.1 Å². The van der Waals surface area contributed by atoms with E-state index in [2.05, 4.69) is 55.7 Å². The number of piperazine rings is 1. The second-order valence-electron chi connectivity index (χ2n) is 13.9. The maximum absolute atomic E-state index is 14.0. The average molecular weight is 689 g/mol. The molecule has 50 heavy (non-hydrogen) atoms. The Morgan fingerprint density at radius 1 is 0.920 bits per heavy atom. The Kier molecular flexibility index (Phi) is 9.89. The van der Waals surface area contributed by atoms with Crippen LogP contribution in [0.3, 0.4) is 0 Å². The van der Waals surface area contributed by atoms with Gasteiger partial charge in [0.25, 0.3) is 0 Å². The highest BCUT2D eigenvalue weighted by Gasteiger charge is 2.40. The number of hydrogen-bond donors (Lipinski definition) is 2. The van der Waals surface area contributed by atoms with Gasteiger partial charge in [0.1, 0.15) is 29.5 Å². The van der Waals surface area contributed by atoms with Crippen molar-refractivity contribution in [2.75, 3.05) is 60.5 Å². The molecule has 13 heteroatoms. The van der Waals surface area contributed by atoms with E-state index in [9.17, 15) is 13.6 Å². The molecule has 1 aliphatic carbocycles. The van der Waals surface area contributed by atoms with E-state index in [4.69, 9.17) is 9.57 Å². The van der Waals surface area contributed by atoms with Crippen LogP contribution in [0.1, 0.15) is 57.6 Å². The Bertz CT molecular complexity index is 1700. The van der Waals surface area contributed by atoms with Crippen molar-refractivity contribution in [3.63, 3.8) is 0 Å². The van der Waals surface area contributed by atoms with Gasteiger partial charge in [0.15, 0.2) is 5.82 Å². The number of benzene rings is 2. The summed E-state index contributed by atoms with van der Waals surface area (Å²) in [4.78, 5) is 35.0. The van der Waals surface area contributed by atoms with Gasteiger partial charge in [-0.05, 0) is 69.4 Å². The van der Waals surface area contributed by atoms with E-state index in [0.717, 1.165) is 56.8 Å². The zero-order valence-corrected chi connectivity index (χ0v) is 28.9. The van der Waals surface area contributed by atoms with Crippen molar-refractivity contribution in [1.29, 1.82) is 0 Å². The number of aromatic nitrogens is 2. The molecular formula is C37H46F2N8O3. The van der Waals surface area contributed by atoms with Gasteiger partial charge in [-0.3, -0.25) is 19.4 Å². The highest BCUT2D eigenvalue weighted by Crippen LogP contribution is 2.41. The van der Waals surface area contributed by atoms with Crippen molar-refractivity contribution in [2.24, 2.45) is 0 Å². The lowest BCUT2D eigenvalue weighted by atomic mass is 9.97. The minimum absolute atomic E-state index is 0.316. The summed E-state index contributed by atoms with van der Waals surface area (Å²) < 4.78 is 33.9. The number of methoxy groups -OCH3 is 1. The van der Waals surface area contributed by atoms with Crippen molar-refractivity contribution in [3.8, 4) is 5.75 Å². The first kappa shape index (κ1) is 34.1. The third kappa shape index (κ3) is 7.26. The molecule has 7 rings (SSSR count). The lowest BCUT2D eigenvalue weighted by Gasteiger charge is -2.49. The first-order valence-electron chi connectivity index (χ1n) is 17.6. The average Bonchev–Trinajstić information content (AvgIpc) is 3.83. The van der Waals surface area contributed by atoms with Crippen molar-refractivity contribution in [2.45, 2.75) is 76.2 Å². The van der Waals surface area contributed by atoms with E-state index in [1.807, 2.05) is 12.1 Å². The lowest BCUT2D eigenvalue weighted by Crippen LogP contribution is -2.61. The summed E-state index contributed by atoms with van der Waals surface area (Å²) in [6.07, 6.45) is 7.92. The van der Waals surface area contributed by atoms with Crippen LogP contribution in [-0.2, 0) is 9.63 Å². The van der Waals surface area contributed by atoms with Gasteiger partial charge < -0.3 is 20.3 Å². The lowest BCUT2D eigenvalue weighted by molar-refractivity contribution is -0.111. The van der Waals surface area contributed by atoms with Crippen molar-refractivity contribution >= 4 is 34.6 Å². The Morgan fingerprint density at radius 3 is 2.24 bits per heavy atom. The Hall–Kier alpha value is -4.33. The van der Waals surface area contributed by atoms with Gasteiger partial charge in [0.05, 0.1) is 36.8 Å². The number of rotatable bonds is 10. The first-order chi connectivity index (χ1) is 24.2. The highest BCUT2D eigenvalue weighted by molar-refractivity contribution is 6.02. The van der Waals surface area contributed by atoms with Crippen LogP contribution >= 0.6 is 0 Å². The van der Waals surface area contributed by atoms with E-state index in [1.54, 1.807) is 18.2 Å². The van der Waals surface area contributed by atoms with Crippen LogP contribution < -0.4 is 25.3 Å². The molecule has 4 aliphatic rings. The molecule has 3 saturated heterocycles. The van der Waals surface area contributed by atoms with Crippen LogP contribution in [0.2, 0.25) is 0 Å². The second-order valence-corrected chi connectivity index (χ2v) is 13.9. The SMILES string of the molecule is C=CC(=O)Nc1cc(Nc2cc(N3OCCC3c3cc(F)cc(F)c3)ncn2)c(OC)cc1N1CCC(N2C[C@@H](C)N(C3CC3)C[C@H]2C)CC1. The van der Waals surface area contributed by atoms with Crippen LogP contribution in [0.25, 0.3) is 0 Å². The smallest absolute Gasteiger partial charge is 0.247 e. The fourth-order valence-corrected chi connectivity index (χ4v) is 7.86. The van der Waals surface area contributed by atoms with Gasteiger partial charge in [-0.25, -0.2) is 23.8 Å². The van der Waals surface area contributed by atoms with E-state index in [-0.39, 0.29) is 5.91 Å². The number of piperidine rings is 1. The normalized spacial score (nSPS) is 23.6. The second kappa shape index (κ2) is 14.5. The van der Waals surface area contributed by atoms with Gasteiger partial charge in [0.2, 0.25) is 5.91 Å². The number of hydroxylamine groups is 1. The molecule has 0 spiro atoms. The molecule has 0 bridgehead atoms. The molecule has 3 aromatic rings. The Balaban J connectivity index is 1.09. The number of nitrogens with zero attached hydrogens (tertiary/aromatic N) is 6. The quantitative estimate of drug-likeness (QED) is 0.246. The van der Waals surface area contributed by atoms with Gasteiger partial charge in [-0.2, -0.15) is 0 Å². The molecule has 266 valence electrons. The zero-order valence-electron chi connectivity index (χ0n) is 28.9. The first-order valence-corrected chi connectivity index (χ1v) is 17.6. The Morgan fingerprint density at radius 2 is 1.60 bits per heavy atom. The minimum atomic E-state index is -0.650. The molecule has 3 aliphatic heterocycles. The summed E-state index contributed by atoms with van der Waals surface area (Å²) in [6, 6.07) is 10.9. The molecule has 4 heterocycles. The molecular weight excluding hydrogens is 642 g/mol. The molecule has 1 amide bonds. The van der Waals surface area contributed by atoms with E-state index in [1.165, 1.54) is 37.4 Å². The summed E-state index contributed by atoms with van der Waals surface area (Å²) in [5.41, 5.74) is 2.54. The fraction of sp³-hybridized carbons (Fsp3) is 0.486. The highest BCUT2D eigenvalue weighted by atomic mass is 19.1. The maximum Gasteiger partial charge on any atom is 0.247 e. The topological polar surface area (TPSA) is 98.3 Å². The minimum Gasteiger partial charge on any atom is -0.494 e. The van der Waals surface area contributed by atoms with Crippen LogP contribution in [0.15, 0.2) is 55.4 Å². The number of nitrogens with one attached hydrogen (secondary N) is 2. The fourth-order valence-electron chi connectivity index (χ4n) is 7.86. The van der Waals surface area contributed by atoms with Crippen LogP contribution in [0, 0.1) is 11.6 Å². The number of carbonyl (C=O) groups is 1. The molecule has 1 unspecified atom stereocenters. The number of ether oxygens (including phenoxy) is 1. The standard InChI is InChI=1S/C37H46F2N8O3/c1-5-37(48)43-30-17-31(42-35-19-36(41-22-40-35)47-32(10-13-50-47)25-14-26(38)16-27(39)15-25)34(49-4)18-33(30)44-11-8-29(9-12-44)46-21-23(2)45(20-24(46)3)28-6-7-28/h5,14-19,22-24,28-29,32H,1,6-13,20-21H2,2-4H3,(H,43,48)(H,40,41,42)/t23-,24-,32?/m1/s1. The third-order valence-electron chi connectivity index (χ3n) is 10.4. The summed E-state index contributed by atoms with van der Waals surface area (Å²) in [6.45, 7) is 12.7. The predicted molar refractivity (Wildman–Crippen MR) is 190 cm³/mol. The zero-order chi connectivity index (χ0) is 34.9. The van der Waals surface area contributed by atoms with Crippen LogP contribution in [0.5, 0.6) is 5.75 Å². The molecule has 1 aromatic heterocycles. The van der Waals surface area contributed by atoms with Gasteiger partial charge in [-0.1, -0.05) is 6.58 Å². The molecule has 0 radical (unpaired) electrons. The summed E-state index contributed by atoms with van der Waals surface area (Å²) in [7, 11) is 1.61. The van der Waals surface area contributed by atoms with Crippen LogP contribution in [0.4, 0.5) is 37.5 Å². The summed E-state index contributed by atoms with van der Waals surface area (Å²) in [5.74, 6) is -0.184. The van der Waals surface area contributed by atoms with Crippen molar-refractivity contribution in [3.05, 3.63) is 72.6 Å². The number of amides is 1. The van der Waals surface area contributed by atoms with Crippen LogP contribution in [-0.4, -0.2) is 89.7 Å². The number of hydrogen-bond acceptors (Lipinski definition) is 10. The van der Waals surface area contributed by atoms with Gasteiger partial charge >= 0.3 is 0 Å². The molecule has 2 aromatic carbocycles. The number of carbonyl (C=O) groups excluding carboxylic acids is 1. The van der Waals surface area contributed by atoms with Crippen molar-refractivity contribution in [1.82, 2.24) is 19.8 Å². The molecule has 1 saturated carbocycles. The largest absolute Gasteiger partial charge is 0.494 e. The van der Waals surface area contributed by atoms with Gasteiger partial charge in [0, 0.05) is 75.0 Å². The monoisotopic (exact) mass is 688 g/mol. The molecule has 4 fully saturated rings. The molecule has 11 nitrogen and oxygen atoms in total. The van der Waals surface area contributed by atoms with E-state index in [0.29, 0.717) is 65.5 Å². The summed E-state index contributed by atoms with van der Waals surface area (Å²) in [5, 5.41) is 7.86. The number of anilines is 5. The molecule has 3 atom stereocenters. The van der Waals surface area contributed by atoms with E-state index < -0.39 is 17.7 Å². The number of halogens is 2. The third-order valence-corrected chi connectivity index (χ3v) is 10.4. The predicted octanol–water partition coefficient (Wildman–Crippen LogP) is 6.04. The van der Waals surface area contributed by atoms with Gasteiger partial charge in [-0.15, -0.1) is 0 Å². The molecule has 2 N–H and O–H groups in total. The van der Waals surface area contributed by atoms with E-state index >= 15 is 0 Å².